The Labute approximate surface area is 231 Å². The van der Waals surface area contributed by atoms with Crippen molar-refractivity contribution in [1.82, 2.24) is 15.3 Å². The van der Waals surface area contributed by atoms with Gasteiger partial charge in [0.1, 0.15) is 11.6 Å². The number of nitrogens with zero attached hydrogens (tertiary/aromatic N) is 4. The van der Waals surface area contributed by atoms with E-state index in [4.69, 9.17) is 22.2 Å². The van der Waals surface area contributed by atoms with Gasteiger partial charge in [0.2, 0.25) is 5.95 Å². The zero-order chi connectivity index (χ0) is 25.8. The summed E-state index contributed by atoms with van der Waals surface area (Å²) >= 11 is 5.80. The number of hydrogen-bond donors (Lipinski definition) is 2. The normalized spacial score (nSPS) is 18.6. The Bertz CT molecular complexity index is 1250. The standard InChI is InChI=1S/C31H38N6S/c38-30(32-23-31(16-7-2-8-17-31)26-13-3-1-4-14-26)35-29-33-27(36-18-9-10-19-36)21-28(34-29)37-20-15-24-11-5-6-12-25(24)22-37/h1,3-6,11-14,21H,2,7-10,15-20,22-23H2,(H2,32,33,34,35,38). The van der Waals surface area contributed by atoms with Crippen LogP contribution < -0.4 is 20.4 Å². The lowest BCUT2D eigenvalue weighted by Crippen LogP contribution is -2.43. The molecule has 7 heteroatoms. The first-order chi connectivity index (χ1) is 18.7. The van der Waals surface area contributed by atoms with Gasteiger partial charge in [0.25, 0.3) is 0 Å². The fourth-order valence-corrected chi connectivity index (χ4v) is 6.59. The van der Waals surface area contributed by atoms with E-state index in [1.165, 1.54) is 61.6 Å². The number of fused-ring (bicyclic) bond motifs is 1. The lowest BCUT2D eigenvalue weighted by Gasteiger charge is -2.38. The third-order valence-corrected chi connectivity index (χ3v) is 8.84. The highest BCUT2D eigenvalue weighted by Crippen LogP contribution is 2.39. The molecular formula is C31H38N6S. The van der Waals surface area contributed by atoms with Gasteiger partial charge in [0.05, 0.1) is 0 Å². The molecule has 0 amide bonds. The van der Waals surface area contributed by atoms with Crippen LogP contribution in [-0.2, 0) is 18.4 Å². The van der Waals surface area contributed by atoms with E-state index >= 15 is 0 Å². The van der Waals surface area contributed by atoms with Crippen molar-refractivity contribution in [2.75, 3.05) is 41.3 Å². The summed E-state index contributed by atoms with van der Waals surface area (Å²) in [6.07, 6.45) is 9.67. The summed E-state index contributed by atoms with van der Waals surface area (Å²) in [5.41, 5.74) is 4.35. The van der Waals surface area contributed by atoms with Crippen molar-refractivity contribution >= 4 is 34.9 Å². The maximum absolute atomic E-state index is 5.80. The van der Waals surface area contributed by atoms with Crippen LogP contribution in [0.15, 0.2) is 60.7 Å². The van der Waals surface area contributed by atoms with E-state index in [1.54, 1.807) is 0 Å². The summed E-state index contributed by atoms with van der Waals surface area (Å²) in [6.45, 7) is 4.73. The molecule has 1 saturated heterocycles. The lowest BCUT2D eigenvalue weighted by molar-refractivity contribution is 0.292. The van der Waals surface area contributed by atoms with E-state index in [0.717, 1.165) is 50.8 Å². The van der Waals surface area contributed by atoms with Gasteiger partial charge in [-0.25, -0.2) is 0 Å². The number of hydrogen-bond acceptors (Lipinski definition) is 5. The third kappa shape index (κ3) is 5.48. The molecule has 2 fully saturated rings. The number of benzene rings is 2. The van der Waals surface area contributed by atoms with Gasteiger partial charge in [-0.2, -0.15) is 9.97 Å². The van der Waals surface area contributed by atoms with E-state index in [0.29, 0.717) is 11.1 Å². The number of anilines is 3. The summed E-state index contributed by atoms with van der Waals surface area (Å²) in [5.74, 6) is 2.54. The van der Waals surface area contributed by atoms with Crippen LogP contribution in [0.1, 0.15) is 61.6 Å². The fraction of sp³-hybridized carbons (Fsp3) is 0.452. The minimum Gasteiger partial charge on any atom is -0.361 e. The van der Waals surface area contributed by atoms with E-state index in [2.05, 4.69) is 81.1 Å². The molecule has 1 aromatic heterocycles. The Morgan fingerprint density at radius 1 is 0.789 bits per heavy atom. The molecule has 3 aliphatic rings. The minimum absolute atomic E-state index is 0.121. The minimum atomic E-state index is 0.121. The molecule has 198 valence electrons. The highest BCUT2D eigenvalue weighted by atomic mass is 32.1. The van der Waals surface area contributed by atoms with Crippen molar-refractivity contribution in [3.63, 3.8) is 0 Å². The van der Waals surface area contributed by atoms with Gasteiger partial charge in [0.15, 0.2) is 5.11 Å². The second-order valence-electron chi connectivity index (χ2n) is 11.1. The van der Waals surface area contributed by atoms with E-state index < -0.39 is 0 Å². The Balaban J connectivity index is 1.20. The van der Waals surface area contributed by atoms with Crippen molar-refractivity contribution < 1.29 is 0 Å². The molecule has 2 aromatic carbocycles. The smallest absolute Gasteiger partial charge is 0.232 e. The highest BCUT2D eigenvalue weighted by Gasteiger charge is 2.34. The van der Waals surface area contributed by atoms with E-state index in [-0.39, 0.29) is 5.41 Å². The first-order valence-electron chi connectivity index (χ1n) is 14.2. The molecule has 0 bridgehead atoms. The van der Waals surface area contributed by atoms with Gasteiger partial charge in [-0.1, -0.05) is 73.9 Å². The monoisotopic (exact) mass is 526 g/mol. The van der Waals surface area contributed by atoms with Crippen LogP contribution in [0.2, 0.25) is 0 Å². The molecule has 0 spiro atoms. The first-order valence-corrected chi connectivity index (χ1v) is 14.7. The van der Waals surface area contributed by atoms with E-state index in [1.807, 2.05) is 0 Å². The zero-order valence-electron chi connectivity index (χ0n) is 22.2. The van der Waals surface area contributed by atoms with Crippen LogP contribution in [0.5, 0.6) is 0 Å². The zero-order valence-corrected chi connectivity index (χ0v) is 23.0. The van der Waals surface area contributed by atoms with Crippen LogP contribution in [0.25, 0.3) is 0 Å². The molecule has 1 aliphatic carbocycles. The second-order valence-corrected chi connectivity index (χ2v) is 11.5. The van der Waals surface area contributed by atoms with Crippen LogP contribution in [0.4, 0.5) is 17.6 Å². The quantitative estimate of drug-likeness (QED) is 0.392. The van der Waals surface area contributed by atoms with E-state index in [9.17, 15) is 0 Å². The lowest BCUT2D eigenvalue weighted by atomic mass is 9.69. The molecule has 2 aliphatic heterocycles. The van der Waals surface area contributed by atoms with Gasteiger partial charge in [0, 0.05) is 44.2 Å². The van der Waals surface area contributed by atoms with Crippen molar-refractivity contribution in [1.29, 1.82) is 0 Å². The van der Waals surface area contributed by atoms with Gasteiger partial charge < -0.3 is 20.4 Å². The number of rotatable bonds is 6. The number of nitrogens with one attached hydrogen (secondary N) is 2. The Morgan fingerprint density at radius 2 is 1.47 bits per heavy atom. The number of thiocarbonyl (C=S) groups is 1. The molecule has 0 unspecified atom stereocenters. The van der Waals surface area contributed by atoms with Gasteiger partial charge in [-0.15, -0.1) is 0 Å². The fourth-order valence-electron chi connectivity index (χ4n) is 6.42. The molecule has 3 heterocycles. The topological polar surface area (TPSA) is 56.3 Å². The maximum Gasteiger partial charge on any atom is 0.232 e. The summed E-state index contributed by atoms with van der Waals surface area (Å²) in [5, 5.41) is 7.51. The van der Waals surface area contributed by atoms with Crippen molar-refractivity contribution in [3.05, 3.63) is 77.4 Å². The van der Waals surface area contributed by atoms with Gasteiger partial charge in [-0.05, 0) is 61.0 Å². The summed E-state index contributed by atoms with van der Waals surface area (Å²) in [6, 6.07) is 21.9. The maximum atomic E-state index is 5.80. The molecule has 38 heavy (non-hydrogen) atoms. The summed E-state index contributed by atoms with van der Waals surface area (Å²) in [7, 11) is 0. The molecule has 0 atom stereocenters. The van der Waals surface area contributed by atoms with Crippen molar-refractivity contribution in [2.24, 2.45) is 0 Å². The Morgan fingerprint density at radius 3 is 2.24 bits per heavy atom. The number of aromatic nitrogens is 2. The van der Waals surface area contributed by atoms with Crippen LogP contribution in [0.3, 0.4) is 0 Å². The molecule has 0 radical (unpaired) electrons. The summed E-state index contributed by atoms with van der Waals surface area (Å²) < 4.78 is 0. The van der Waals surface area contributed by atoms with Crippen LogP contribution in [-0.4, -0.2) is 41.3 Å². The molecule has 3 aromatic rings. The van der Waals surface area contributed by atoms with Crippen LogP contribution >= 0.6 is 12.2 Å². The largest absolute Gasteiger partial charge is 0.361 e. The summed E-state index contributed by atoms with van der Waals surface area (Å²) in [4.78, 5) is 14.6. The average Bonchev–Trinajstić information content (AvgIpc) is 3.52. The Kier molecular flexibility index (Phi) is 7.45. The predicted molar refractivity (Wildman–Crippen MR) is 160 cm³/mol. The second kappa shape index (κ2) is 11.3. The molecule has 2 N–H and O–H groups in total. The Hall–Kier alpha value is -3.19. The van der Waals surface area contributed by atoms with Gasteiger partial charge >= 0.3 is 0 Å². The third-order valence-electron chi connectivity index (χ3n) is 8.59. The first kappa shape index (κ1) is 25.1. The van der Waals surface area contributed by atoms with Crippen molar-refractivity contribution in [3.8, 4) is 0 Å². The SMILES string of the molecule is S=C(NCC1(c2ccccc2)CCCCC1)Nc1nc(N2CCCC2)cc(N2CCc3ccccc3C2)n1. The molecule has 6 nitrogen and oxygen atoms in total. The molecular weight excluding hydrogens is 488 g/mol. The average molecular weight is 527 g/mol. The highest BCUT2D eigenvalue weighted by molar-refractivity contribution is 7.80. The van der Waals surface area contributed by atoms with Gasteiger partial charge in [-0.3, -0.25) is 0 Å². The van der Waals surface area contributed by atoms with Crippen LogP contribution in [0, 0.1) is 0 Å². The van der Waals surface area contributed by atoms with Crippen molar-refractivity contribution in [2.45, 2.75) is 63.3 Å². The predicted octanol–water partition coefficient (Wildman–Crippen LogP) is 5.83. The molecule has 1 saturated carbocycles. The molecule has 6 rings (SSSR count).